The van der Waals surface area contributed by atoms with Crippen LogP contribution in [0.25, 0.3) is 5.82 Å². The Kier molecular flexibility index (Phi) is 4.11. The summed E-state index contributed by atoms with van der Waals surface area (Å²) in [6.07, 6.45) is 4.01. The normalized spacial score (nSPS) is 11.1. The van der Waals surface area contributed by atoms with Crippen molar-refractivity contribution in [2.75, 3.05) is 0 Å². The first kappa shape index (κ1) is 13.4. The van der Waals surface area contributed by atoms with E-state index >= 15 is 0 Å². The van der Waals surface area contributed by atoms with Crippen molar-refractivity contribution in [2.45, 2.75) is 0 Å². The van der Waals surface area contributed by atoms with Crippen LogP contribution in [0.1, 0.15) is 0 Å². The molecule has 0 N–H and O–H groups in total. The lowest BCUT2D eigenvalue weighted by Crippen LogP contribution is -1.99. The Hall–Kier alpha value is 0.960. The molecule has 2 aromatic rings. The van der Waals surface area contributed by atoms with Gasteiger partial charge in [-0.05, 0) is 79.6 Å². The maximum atomic E-state index is 3.57. The van der Waals surface area contributed by atoms with Gasteiger partial charge in [-0.25, -0.2) is 0 Å². The molecule has 0 aromatic carbocycles. The van der Waals surface area contributed by atoms with E-state index in [1.54, 1.807) is 0 Å². The van der Waals surface area contributed by atoms with Crippen LogP contribution in [0.4, 0.5) is 0 Å². The van der Waals surface area contributed by atoms with E-state index in [9.17, 15) is 0 Å². The van der Waals surface area contributed by atoms with Crippen LogP contribution in [0, 0.1) is 0 Å². The molecule has 0 aliphatic rings. The summed E-state index contributed by atoms with van der Waals surface area (Å²) in [6.45, 7) is 0. The molecule has 16 heavy (non-hydrogen) atoms. The molecule has 0 spiro atoms. The van der Waals surface area contributed by atoms with Crippen LogP contribution in [0.2, 0.25) is 0 Å². The second-order valence-electron chi connectivity index (χ2n) is 3.16. The first-order valence-corrected chi connectivity index (χ1v) is 8.12. The molecular weight excluding hydrogens is 536 g/mol. The molecule has 2 nitrogen and oxygen atoms in total. The van der Waals surface area contributed by atoms with Crippen molar-refractivity contribution < 1.29 is 0 Å². The number of rotatable bonds is 1. The van der Waals surface area contributed by atoms with E-state index in [2.05, 4.69) is 79.6 Å². The van der Waals surface area contributed by atoms with Gasteiger partial charge < -0.3 is 9.13 Å². The molecule has 0 fully saturated rings. The zero-order valence-corrected chi connectivity index (χ0v) is 15.9. The predicted octanol–water partition coefficient (Wildman–Crippen LogP) is 5.63. The van der Waals surface area contributed by atoms with Gasteiger partial charge in [-0.15, -0.1) is 0 Å². The average molecular weight is 541 g/mol. The van der Waals surface area contributed by atoms with Gasteiger partial charge in [0.1, 0.15) is 10.4 Å². The summed E-state index contributed by atoms with van der Waals surface area (Å²) in [5.41, 5.74) is 0. The summed E-state index contributed by atoms with van der Waals surface area (Å²) >= 11 is 17.6. The summed E-state index contributed by atoms with van der Waals surface area (Å²) < 4.78 is 9.14. The van der Waals surface area contributed by atoms with Crippen LogP contribution in [0.5, 0.6) is 0 Å². The molecule has 0 aliphatic heterocycles. The van der Waals surface area contributed by atoms with Gasteiger partial charge in [0.2, 0.25) is 0 Å². The van der Waals surface area contributed by atoms with Crippen molar-refractivity contribution in [1.82, 2.24) is 9.13 Å². The SMILES string of the molecule is Cn1c(Br)c(Br)c(Br)c1-n1cc(Br)c(Br)c1. The van der Waals surface area contributed by atoms with Gasteiger partial charge in [0.15, 0.2) is 0 Å². The minimum atomic E-state index is 0.996. The average Bonchev–Trinajstić information content (AvgIpc) is 2.64. The van der Waals surface area contributed by atoms with Crippen LogP contribution in [0.3, 0.4) is 0 Å². The van der Waals surface area contributed by atoms with Crippen molar-refractivity contribution in [3.05, 3.63) is 34.9 Å². The third kappa shape index (κ3) is 2.13. The van der Waals surface area contributed by atoms with E-state index in [-0.39, 0.29) is 0 Å². The van der Waals surface area contributed by atoms with Gasteiger partial charge in [0.05, 0.1) is 8.95 Å². The van der Waals surface area contributed by atoms with Gasteiger partial charge in [-0.1, -0.05) is 0 Å². The lowest BCUT2D eigenvalue weighted by atomic mass is 10.6. The van der Waals surface area contributed by atoms with Crippen LogP contribution in [-0.4, -0.2) is 9.13 Å². The highest BCUT2D eigenvalue weighted by atomic mass is 79.9. The van der Waals surface area contributed by atoms with E-state index in [1.807, 2.05) is 28.6 Å². The second-order valence-corrected chi connectivity index (χ2v) is 7.21. The fourth-order valence-corrected chi connectivity index (χ4v) is 3.77. The largest absolute Gasteiger partial charge is 0.323 e. The molecule has 0 atom stereocenters. The van der Waals surface area contributed by atoms with Crippen molar-refractivity contribution in [1.29, 1.82) is 0 Å². The fraction of sp³-hybridized carbons (Fsp3) is 0.111. The quantitative estimate of drug-likeness (QED) is 0.444. The molecule has 86 valence electrons. The maximum absolute atomic E-state index is 3.57. The van der Waals surface area contributed by atoms with Crippen LogP contribution < -0.4 is 0 Å². The topological polar surface area (TPSA) is 9.86 Å². The highest BCUT2D eigenvalue weighted by Gasteiger charge is 2.17. The smallest absolute Gasteiger partial charge is 0.133 e. The Morgan fingerprint density at radius 1 is 0.875 bits per heavy atom. The molecule has 7 heteroatoms. The zero-order valence-electron chi connectivity index (χ0n) is 7.94. The van der Waals surface area contributed by atoms with Gasteiger partial charge in [0.25, 0.3) is 0 Å². The summed E-state index contributed by atoms with van der Waals surface area (Å²) in [4.78, 5) is 0. The van der Waals surface area contributed by atoms with Gasteiger partial charge in [-0.3, -0.25) is 0 Å². The Balaban J connectivity index is 2.69. The molecule has 2 aromatic heterocycles. The number of hydrogen-bond acceptors (Lipinski definition) is 0. The highest BCUT2D eigenvalue weighted by molar-refractivity contribution is 9.14. The molecular formula is C9H5Br5N2. The lowest BCUT2D eigenvalue weighted by Gasteiger charge is -2.05. The molecule has 0 amide bonds. The number of halogens is 5. The van der Waals surface area contributed by atoms with Crippen LogP contribution in [-0.2, 0) is 7.05 Å². The Labute approximate surface area is 135 Å². The van der Waals surface area contributed by atoms with Crippen LogP contribution in [0.15, 0.2) is 34.9 Å². The summed E-state index contributed by atoms with van der Waals surface area (Å²) in [5.74, 6) is 1.05. The fourth-order valence-electron chi connectivity index (χ4n) is 1.39. The summed E-state index contributed by atoms with van der Waals surface area (Å²) in [6, 6.07) is 0. The summed E-state index contributed by atoms with van der Waals surface area (Å²) in [5, 5.41) is 0. The van der Waals surface area contributed by atoms with Crippen molar-refractivity contribution in [3.8, 4) is 5.82 Å². The molecule has 0 saturated carbocycles. The van der Waals surface area contributed by atoms with Gasteiger partial charge in [0, 0.05) is 28.4 Å². The van der Waals surface area contributed by atoms with Crippen molar-refractivity contribution in [3.63, 3.8) is 0 Å². The molecule has 0 radical (unpaired) electrons. The standard InChI is InChI=1S/C9H5Br5N2/c1-15-8(14)6(12)7(13)9(15)16-2-4(10)5(11)3-16/h2-3H,1H3. The lowest BCUT2D eigenvalue weighted by molar-refractivity contribution is 0.826. The summed E-state index contributed by atoms with van der Waals surface area (Å²) in [7, 11) is 2.00. The number of nitrogens with zero attached hydrogens (tertiary/aromatic N) is 2. The molecule has 2 heterocycles. The molecule has 0 bridgehead atoms. The molecule has 0 unspecified atom stereocenters. The number of hydrogen-bond donors (Lipinski definition) is 0. The van der Waals surface area contributed by atoms with E-state index in [1.165, 1.54) is 0 Å². The third-order valence-electron chi connectivity index (χ3n) is 2.16. The Morgan fingerprint density at radius 2 is 1.38 bits per heavy atom. The zero-order chi connectivity index (χ0) is 12.0. The Morgan fingerprint density at radius 3 is 1.75 bits per heavy atom. The molecule has 0 aliphatic carbocycles. The molecule has 0 saturated heterocycles. The predicted molar refractivity (Wildman–Crippen MR) is 83.2 cm³/mol. The second kappa shape index (κ2) is 4.91. The monoisotopic (exact) mass is 536 g/mol. The first-order chi connectivity index (χ1) is 7.43. The maximum Gasteiger partial charge on any atom is 0.133 e. The minimum absolute atomic E-state index is 0.996. The van der Waals surface area contributed by atoms with E-state index in [0.29, 0.717) is 0 Å². The molecule has 2 rings (SSSR count). The Bertz CT molecular complexity index is 510. The van der Waals surface area contributed by atoms with Gasteiger partial charge >= 0.3 is 0 Å². The van der Waals surface area contributed by atoms with E-state index in [4.69, 9.17) is 0 Å². The van der Waals surface area contributed by atoms with Gasteiger partial charge in [-0.2, -0.15) is 0 Å². The number of aromatic nitrogens is 2. The van der Waals surface area contributed by atoms with Crippen LogP contribution >= 0.6 is 79.6 Å². The third-order valence-corrected chi connectivity index (χ3v) is 7.47. The first-order valence-electron chi connectivity index (χ1n) is 4.16. The van der Waals surface area contributed by atoms with Crippen molar-refractivity contribution >= 4 is 79.6 Å². The highest BCUT2D eigenvalue weighted by Crippen LogP contribution is 2.39. The minimum Gasteiger partial charge on any atom is -0.323 e. The van der Waals surface area contributed by atoms with E-state index in [0.717, 1.165) is 28.3 Å². The van der Waals surface area contributed by atoms with Crippen molar-refractivity contribution in [2.24, 2.45) is 7.05 Å². The van der Waals surface area contributed by atoms with E-state index < -0.39 is 0 Å².